The molecule has 0 aromatic heterocycles. The highest BCUT2D eigenvalue weighted by atomic mass is 19.4. The lowest BCUT2D eigenvalue weighted by Crippen LogP contribution is -2.53. The van der Waals surface area contributed by atoms with Gasteiger partial charge in [0.2, 0.25) is 5.90 Å². The molecule has 7 nitrogen and oxygen atoms in total. The van der Waals surface area contributed by atoms with Gasteiger partial charge >= 0.3 is 12.2 Å². The molecule has 2 N–H and O–H groups in total. The van der Waals surface area contributed by atoms with E-state index in [4.69, 9.17) is 9.47 Å². The summed E-state index contributed by atoms with van der Waals surface area (Å²) in [6.45, 7) is 1.69. The maximum Gasteiger partial charge on any atom is 0.421 e. The standard InChI is InChI=1S/C22H25F5N4O3/c1-12-2-5-16(30-20(32)31-18-7-4-14(24)11-28-18)19(29-12)34-17-6-3-13(23)10-15(17)21(8-9-33-21)22(25,26)27/h3,6,10-12,14,16,18H,2,4-5,7-9H2,1H3,(H2,30,31,32). The van der Waals surface area contributed by atoms with Crippen molar-refractivity contribution in [3.8, 4) is 5.75 Å². The van der Waals surface area contributed by atoms with Crippen molar-refractivity contribution in [2.75, 3.05) is 6.61 Å². The lowest BCUT2D eigenvalue weighted by Gasteiger charge is -2.43. The van der Waals surface area contributed by atoms with Crippen molar-refractivity contribution < 1.29 is 36.2 Å². The second kappa shape index (κ2) is 9.47. The van der Waals surface area contributed by atoms with Crippen LogP contribution in [0.3, 0.4) is 0 Å². The fourth-order valence-electron chi connectivity index (χ4n) is 4.17. The Bertz CT molecular complexity index is 980. The molecule has 34 heavy (non-hydrogen) atoms. The fourth-order valence-corrected chi connectivity index (χ4v) is 4.17. The number of carbonyl (C=O) groups excluding carboxylic acids is 1. The third-order valence-corrected chi connectivity index (χ3v) is 6.12. The first kappa shape index (κ1) is 24.4. The summed E-state index contributed by atoms with van der Waals surface area (Å²) in [4.78, 5) is 20.8. The normalized spacial score (nSPS) is 31.3. The highest BCUT2D eigenvalue weighted by Crippen LogP contribution is 2.52. The number of halogens is 5. The zero-order chi connectivity index (χ0) is 24.5. The summed E-state index contributed by atoms with van der Waals surface area (Å²) >= 11 is 0. The smallest absolute Gasteiger partial charge is 0.421 e. The number of nitrogens with one attached hydrogen (secondary N) is 2. The maximum atomic E-state index is 14.0. The SMILES string of the molecule is CC1CCC(NC(=O)NC2CCC(F)C=N2)C(Oc2ccc(F)cc2C2(C(F)(F)F)CCO2)=N1. The number of rotatable bonds is 4. The van der Waals surface area contributed by atoms with Crippen LogP contribution in [-0.2, 0) is 10.3 Å². The summed E-state index contributed by atoms with van der Waals surface area (Å²) in [6, 6.07) is 1.32. The molecule has 1 saturated heterocycles. The van der Waals surface area contributed by atoms with Crippen LogP contribution in [0.1, 0.15) is 44.6 Å². The zero-order valence-electron chi connectivity index (χ0n) is 18.4. The van der Waals surface area contributed by atoms with Gasteiger partial charge in [-0.3, -0.25) is 9.98 Å². The van der Waals surface area contributed by atoms with Crippen molar-refractivity contribution in [3.63, 3.8) is 0 Å². The Morgan fingerprint density at radius 3 is 2.59 bits per heavy atom. The van der Waals surface area contributed by atoms with Gasteiger partial charge in [0.1, 0.15) is 29.9 Å². The molecule has 4 rings (SSSR count). The molecule has 0 spiro atoms. The Hall–Kier alpha value is -2.76. The number of carbonyl (C=O) groups is 1. The van der Waals surface area contributed by atoms with Crippen LogP contribution in [0, 0.1) is 5.82 Å². The van der Waals surface area contributed by atoms with Crippen LogP contribution in [0.25, 0.3) is 0 Å². The summed E-state index contributed by atoms with van der Waals surface area (Å²) < 4.78 is 79.4. The fraction of sp³-hybridized carbons (Fsp3) is 0.591. The highest BCUT2D eigenvalue weighted by molar-refractivity contribution is 5.89. The number of ether oxygens (including phenoxy) is 2. The first-order valence-corrected chi connectivity index (χ1v) is 11.1. The van der Waals surface area contributed by atoms with Gasteiger partial charge in [-0.15, -0.1) is 0 Å². The highest BCUT2D eigenvalue weighted by Gasteiger charge is 2.62. The van der Waals surface area contributed by atoms with Crippen molar-refractivity contribution >= 4 is 18.1 Å². The predicted molar refractivity (Wildman–Crippen MR) is 113 cm³/mol. The molecular weight excluding hydrogens is 463 g/mol. The minimum atomic E-state index is -4.78. The lowest BCUT2D eigenvalue weighted by molar-refractivity contribution is -0.333. The van der Waals surface area contributed by atoms with Crippen LogP contribution < -0.4 is 15.4 Å². The summed E-state index contributed by atoms with van der Waals surface area (Å²) in [5, 5.41) is 5.32. The van der Waals surface area contributed by atoms with Crippen molar-refractivity contribution in [3.05, 3.63) is 29.6 Å². The quantitative estimate of drug-likeness (QED) is 0.625. The Kier molecular flexibility index (Phi) is 6.79. The van der Waals surface area contributed by atoms with Crippen molar-refractivity contribution in [2.24, 2.45) is 9.98 Å². The molecule has 5 unspecified atom stereocenters. The summed E-state index contributed by atoms with van der Waals surface area (Å²) in [5.41, 5.74) is -3.15. The van der Waals surface area contributed by atoms with Gasteiger partial charge in [0.25, 0.3) is 0 Å². The van der Waals surface area contributed by atoms with Gasteiger partial charge < -0.3 is 20.1 Å². The van der Waals surface area contributed by atoms with Gasteiger partial charge in [-0.2, -0.15) is 13.2 Å². The number of nitrogens with zero attached hydrogens (tertiary/aromatic N) is 2. The number of benzene rings is 1. The van der Waals surface area contributed by atoms with E-state index in [-0.39, 0.29) is 37.1 Å². The Labute approximate surface area is 192 Å². The Balaban J connectivity index is 1.54. The average Bonchev–Trinajstić information content (AvgIpc) is 2.71. The number of aliphatic imine (C=N–C) groups is 2. The molecule has 3 heterocycles. The number of hydrogen-bond acceptors (Lipinski definition) is 5. The van der Waals surface area contributed by atoms with Gasteiger partial charge in [0.15, 0.2) is 5.60 Å². The summed E-state index contributed by atoms with van der Waals surface area (Å²) in [7, 11) is 0. The van der Waals surface area contributed by atoms with E-state index in [2.05, 4.69) is 20.6 Å². The Morgan fingerprint density at radius 2 is 1.97 bits per heavy atom. The van der Waals surface area contributed by atoms with E-state index in [1.165, 1.54) is 0 Å². The topological polar surface area (TPSA) is 84.3 Å². The molecule has 5 atom stereocenters. The average molecular weight is 488 g/mol. The summed E-state index contributed by atoms with van der Waals surface area (Å²) in [5.74, 6) is -1.10. The van der Waals surface area contributed by atoms with E-state index in [0.29, 0.717) is 19.3 Å². The molecule has 0 saturated carbocycles. The van der Waals surface area contributed by atoms with E-state index in [9.17, 15) is 26.7 Å². The van der Waals surface area contributed by atoms with E-state index >= 15 is 0 Å². The van der Waals surface area contributed by atoms with E-state index in [0.717, 1.165) is 24.4 Å². The van der Waals surface area contributed by atoms with Crippen molar-refractivity contribution in [1.82, 2.24) is 10.6 Å². The first-order valence-electron chi connectivity index (χ1n) is 11.1. The molecule has 0 radical (unpaired) electrons. The van der Waals surface area contributed by atoms with Crippen molar-refractivity contribution in [2.45, 2.75) is 75.2 Å². The third-order valence-electron chi connectivity index (χ3n) is 6.12. The Morgan fingerprint density at radius 1 is 1.21 bits per heavy atom. The van der Waals surface area contributed by atoms with Gasteiger partial charge in [0, 0.05) is 18.2 Å². The van der Waals surface area contributed by atoms with Crippen LogP contribution in [-0.4, -0.2) is 55.3 Å². The molecule has 12 heteroatoms. The number of alkyl halides is 4. The van der Waals surface area contributed by atoms with Gasteiger partial charge in [0.05, 0.1) is 12.6 Å². The van der Waals surface area contributed by atoms with Gasteiger partial charge in [-0.05, 0) is 50.8 Å². The third kappa shape index (κ3) is 5.01. The molecule has 0 aliphatic carbocycles. The molecule has 3 aliphatic heterocycles. The molecule has 2 amide bonds. The minimum Gasteiger partial charge on any atom is -0.441 e. The molecular formula is C22H25F5N4O3. The largest absolute Gasteiger partial charge is 0.441 e. The second-order valence-electron chi connectivity index (χ2n) is 8.64. The van der Waals surface area contributed by atoms with E-state index in [1.54, 1.807) is 0 Å². The zero-order valence-corrected chi connectivity index (χ0v) is 18.4. The molecule has 0 bridgehead atoms. The van der Waals surface area contributed by atoms with E-state index in [1.807, 2.05) is 6.92 Å². The monoisotopic (exact) mass is 488 g/mol. The number of hydrogen-bond donors (Lipinski definition) is 2. The van der Waals surface area contributed by atoms with Crippen LogP contribution in [0.4, 0.5) is 26.7 Å². The number of urea groups is 1. The van der Waals surface area contributed by atoms with Gasteiger partial charge in [-0.25, -0.2) is 13.6 Å². The molecule has 3 aliphatic rings. The summed E-state index contributed by atoms with van der Waals surface area (Å²) in [6.07, 6.45) is -4.13. The predicted octanol–water partition coefficient (Wildman–Crippen LogP) is 4.16. The molecule has 1 aromatic carbocycles. The van der Waals surface area contributed by atoms with Crippen molar-refractivity contribution in [1.29, 1.82) is 0 Å². The lowest BCUT2D eigenvalue weighted by atomic mass is 9.85. The first-order chi connectivity index (χ1) is 16.1. The van der Waals surface area contributed by atoms with E-state index < -0.39 is 47.6 Å². The number of amides is 2. The van der Waals surface area contributed by atoms with Gasteiger partial charge in [-0.1, -0.05) is 0 Å². The maximum absolute atomic E-state index is 14.0. The second-order valence-corrected chi connectivity index (χ2v) is 8.64. The van der Waals surface area contributed by atoms with Crippen LogP contribution in [0.2, 0.25) is 0 Å². The van der Waals surface area contributed by atoms with Crippen LogP contribution in [0.15, 0.2) is 28.2 Å². The van der Waals surface area contributed by atoms with Crippen LogP contribution >= 0.6 is 0 Å². The van der Waals surface area contributed by atoms with Crippen LogP contribution in [0.5, 0.6) is 5.75 Å². The molecule has 1 aromatic rings. The molecule has 186 valence electrons. The minimum absolute atomic E-state index is 0.00868. The molecule has 1 fully saturated rings.